The average molecular weight is 292 g/mol. The standard InChI is InChI=1S/C17H24O4/c1-3-15(2)10-16-17(20-16,21-16)12(13(15)14(18)19)9-11-7-5-4-6-8-11/h11H,3-10H2,1-2H3,(H,18,19). The van der Waals surface area contributed by atoms with Crippen molar-refractivity contribution in [1.29, 1.82) is 0 Å². The Bertz CT molecular complexity index is 523. The molecule has 4 nitrogen and oxygen atoms in total. The third kappa shape index (κ3) is 1.72. The molecule has 3 fully saturated rings. The lowest BCUT2D eigenvalue weighted by Crippen LogP contribution is -2.33. The van der Waals surface area contributed by atoms with Crippen LogP contribution in [-0.4, -0.2) is 22.7 Å². The fourth-order valence-corrected chi connectivity index (χ4v) is 4.70. The molecule has 1 saturated carbocycles. The monoisotopic (exact) mass is 292 g/mol. The van der Waals surface area contributed by atoms with Gasteiger partial charge in [0.05, 0.1) is 0 Å². The number of carboxylic acids is 1. The molecule has 0 spiro atoms. The lowest BCUT2D eigenvalue weighted by Gasteiger charge is -2.33. The molecule has 116 valence electrons. The first-order valence-electron chi connectivity index (χ1n) is 8.34. The lowest BCUT2D eigenvalue weighted by atomic mass is 9.67. The van der Waals surface area contributed by atoms with Gasteiger partial charge >= 0.3 is 5.97 Å². The molecule has 2 saturated heterocycles. The van der Waals surface area contributed by atoms with Crippen molar-refractivity contribution in [3.8, 4) is 0 Å². The van der Waals surface area contributed by atoms with Crippen LogP contribution in [0.15, 0.2) is 11.1 Å². The maximum absolute atomic E-state index is 11.9. The second kappa shape index (κ2) is 4.11. The van der Waals surface area contributed by atoms with Crippen molar-refractivity contribution in [1.82, 2.24) is 0 Å². The Labute approximate surface area is 125 Å². The van der Waals surface area contributed by atoms with E-state index in [9.17, 15) is 9.90 Å². The molecule has 0 aromatic carbocycles. The molecule has 4 aliphatic rings. The number of rotatable bonds is 4. The Balaban J connectivity index is 1.71. The number of hydrogen-bond donors (Lipinski definition) is 1. The van der Waals surface area contributed by atoms with E-state index in [4.69, 9.17) is 9.47 Å². The molecule has 1 unspecified atom stereocenters. The van der Waals surface area contributed by atoms with Crippen molar-refractivity contribution in [2.75, 3.05) is 0 Å². The Morgan fingerprint density at radius 3 is 2.52 bits per heavy atom. The molecule has 0 radical (unpaired) electrons. The van der Waals surface area contributed by atoms with E-state index in [1.54, 1.807) is 0 Å². The van der Waals surface area contributed by atoms with E-state index in [1.165, 1.54) is 32.1 Å². The van der Waals surface area contributed by atoms with Crippen LogP contribution >= 0.6 is 0 Å². The third-order valence-electron chi connectivity index (χ3n) is 6.17. The Morgan fingerprint density at radius 2 is 1.95 bits per heavy atom. The summed E-state index contributed by atoms with van der Waals surface area (Å²) in [4.78, 5) is 11.9. The minimum Gasteiger partial charge on any atom is -0.478 e. The topological polar surface area (TPSA) is 62.4 Å². The van der Waals surface area contributed by atoms with E-state index in [1.807, 2.05) is 0 Å². The summed E-state index contributed by atoms with van der Waals surface area (Å²) in [6.45, 7) is 4.12. The number of carboxylic acid groups (broad SMARTS) is 1. The second-order valence-corrected chi connectivity index (χ2v) is 7.53. The van der Waals surface area contributed by atoms with Gasteiger partial charge in [0, 0.05) is 23.0 Å². The lowest BCUT2D eigenvalue weighted by molar-refractivity contribution is -0.134. The summed E-state index contributed by atoms with van der Waals surface area (Å²) in [5, 5.41) is 9.80. The van der Waals surface area contributed by atoms with Gasteiger partial charge < -0.3 is 14.6 Å². The van der Waals surface area contributed by atoms with Gasteiger partial charge in [-0.25, -0.2) is 4.79 Å². The van der Waals surface area contributed by atoms with Crippen molar-refractivity contribution < 1.29 is 19.4 Å². The minimum absolute atomic E-state index is 0.327. The quantitative estimate of drug-likeness (QED) is 0.804. The first-order valence-corrected chi connectivity index (χ1v) is 8.34. The SMILES string of the molecule is CCC1(C)CC23OC2(O3)C(CC2CCCCC2)=C1C(=O)O. The summed E-state index contributed by atoms with van der Waals surface area (Å²) in [6, 6.07) is 0. The smallest absolute Gasteiger partial charge is 0.332 e. The van der Waals surface area contributed by atoms with Gasteiger partial charge in [-0.15, -0.1) is 0 Å². The molecule has 0 aromatic heterocycles. The van der Waals surface area contributed by atoms with Gasteiger partial charge in [0.15, 0.2) is 0 Å². The van der Waals surface area contributed by atoms with Crippen LogP contribution in [0.25, 0.3) is 0 Å². The highest BCUT2D eigenvalue weighted by Crippen LogP contribution is 2.79. The Hall–Kier alpha value is -0.870. The van der Waals surface area contributed by atoms with Crippen LogP contribution in [-0.2, 0) is 14.3 Å². The van der Waals surface area contributed by atoms with E-state index in [2.05, 4.69) is 13.8 Å². The van der Waals surface area contributed by atoms with E-state index >= 15 is 0 Å². The molecule has 21 heavy (non-hydrogen) atoms. The zero-order valence-electron chi connectivity index (χ0n) is 12.9. The molecule has 2 aliphatic carbocycles. The highest BCUT2D eigenvalue weighted by Gasteiger charge is 2.94. The summed E-state index contributed by atoms with van der Waals surface area (Å²) >= 11 is 0. The summed E-state index contributed by atoms with van der Waals surface area (Å²) < 4.78 is 11.7. The molecule has 1 N–H and O–H groups in total. The maximum atomic E-state index is 11.9. The number of ether oxygens (including phenoxy) is 2. The van der Waals surface area contributed by atoms with Crippen molar-refractivity contribution in [3.05, 3.63) is 11.1 Å². The number of carbonyl (C=O) groups is 1. The van der Waals surface area contributed by atoms with Gasteiger partial charge in [-0.05, 0) is 18.8 Å². The normalized spacial score (nSPS) is 45.0. The van der Waals surface area contributed by atoms with Crippen LogP contribution in [0.2, 0.25) is 0 Å². The van der Waals surface area contributed by atoms with Crippen LogP contribution in [0.4, 0.5) is 0 Å². The zero-order chi connectivity index (χ0) is 14.9. The largest absolute Gasteiger partial charge is 0.478 e. The predicted molar refractivity (Wildman–Crippen MR) is 76.5 cm³/mol. The average Bonchev–Trinajstić information content (AvgIpc) is 3.25. The summed E-state index contributed by atoms with van der Waals surface area (Å²) in [7, 11) is 0. The van der Waals surface area contributed by atoms with Crippen LogP contribution in [0.5, 0.6) is 0 Å². The molecule has 4 rings (SSSR count). The zero-order valence-corrected chi connectivity index (χ0v) is 12.9. The molecule has 2 heterocycles. The van der Waals surface area contributed by atoms with Crippen LogP contribution in [0.1, 0.15) is 65.2 Å². The van der Waals surface area contributed by atoms with Crippen molar-refractivity contribution in [2.24, 2.45) is 11.3 Å². The van der Waals surface area contributed by atoms with Crippen LogP contribution in [0.3, 0.4) is 0 Å². The van der Waals surface area contributed by atoms with Crippen molar-refractivity contribution >= 4 is 5.97 Å². The second-order valence-electron chi connectivity index (χ2n) is 7.53. The first-order chi connectivity index (χ1) is 9.96. The molecule has 0 amide bonds. The van der Waals surface area contributed by atoms with E-state index in [0.29, 0.717) is 17.9 Å². The number of hydrogen-bond acceptors (Lipinski definition) is 3. The van der Waals surface area contributed by atoms with Gasteiger partial charge in [-0.3, -0.25) is 0 Å². The summed E-state index contributed by atoms with van der Waals surface area (Å²) in [5.41, 5.74) is 1.21. The fourth-order valence-electron chi connectivity index (χ4n) is 4.70. The molecule has 0 aromatic rings. The maximum Gasteiger partial charge on any atom is 0.332 e. The molecule has 0 bridgehead atoms. The Kier molecular flexibility index (Phi) is 2.69. The first kappa shape index (κ1) is 13.8. The van der Waals surface area contributed by atoms with Crippen molar-refractivity contribution in [3.63, 3.8) is 0 Å². The fraction of sp³-hybridized carbons (Fsp3) is 0.824. The highest BCUT2D eigenvalue weighted by molar-refractivity contribution is 5.91. The Morgan fingerprint density at radius 1 is 1.29 bits per heavy atom. The van der Waals surface area contributed by atoms with E-state index in [-0.39, 0.29) is 5.41 Å². The summed E-state index contributed by atoms with van der Waals surface area (Å²) in [5.74, 6) is -1.27. The highest BCUT2D eigenvalue weighted by atomic mass is 17.0. The molecule has 4 heteroatoms. The molecule has 1 atom stereocenters. The van der Waals surface area contributed by atoms with E-state index < -0.39 is 17.5 Å². The van der Waals surface area contributed by atoms with Gasteiger partial charge in [0.2, 0.25) is 5.79 Å². The van der Waals surface area contributed by atoms with Crippen LogP contribution in [0, 0.1) is 11.3 Å². The van der Waals surface area contributed by atoms with Gasteiger partial charge in [0.25, 0.3) is 5.79 Å². The van der Waals surface area contributed by atoms with E-state index in [0.717, 1.165) is 18.4 Å². The third-order valence-corrected chi connectivity index (χ3v) is 6.17. The molecular formula is C17H24O4. The number of aliphatic carboxylic acids is 1. The van der Waals surface area contributed by atoms with Crippen molar-refractivity contribution in [2.45, 2.75) is 76.8 Å². The summed E-state index contributed by atoms with van der Waals surface area (Å²) in [6.07, 6.45) is 8.62. The molecular weight excluding hydrogens is 268 g/mol. The van der Waals surface area contributed by atoms with Crippen LogP contribution < -0.4 is 0 Å². The number of epoxide rings is 2. The minimum atomic E-state index is -0.779. The van der Waals surface area contributed by atoms with Gasteiger partial charge in [-0.1, -0.05) is 46.0 Å². The van der Waals surface area contributed by atoms with Gasteiger partial charge in [-0.2, -0.15) is 0 Å². The van der Waals surface area contributed by atoms with Gasteiger partial charge in [0.1, 0.15) is 0 Å². The molecule has 2 aliphatic heterocycles. The predicted octanol–water partition coefficient (Wildman–Crippen LogP) is 3.61.